The number of aliphatic hydroxyl groups is 1. The fourth-order valence-corrected chi connectivity index (χ4v) is 11.6. The van der Waals surface area contributed by atoms with E-state index < -0.39 is 97.5 Å². The van der Waals surface area contributed by atoms with E-state index in [4.69, 9.17) is 37.0 Å². The fourth-order valence-electron chi connectivity index (χ4n) is 10.0. The molecule has 0 saturated carbocycles. The lowest BCUT2D eigenvalue weighted by Gasteiger charge is -2.21. The minimum absolute atomic E-state index is 0.101. The Labute approximate surface area is 524 Å². The predicted molar refractivity (Wildman–Crippen MR) is 344 cm³/mol. The maximum Gasteiger partial charge on any atom is 0.472 e. The van der Waals surface area contributed by atoms with Gasteiger partial charge in [0.1, 0.15) is 19.3 Å². The minimum Gasteiger partial charge on any atom is -0.462 e. The topological polar surface area (TPSA) is 237 Å². The summed E-state index contributed by atoms with van der Waals surface area (Å²) in [5.41, 5.74) is 0. The lowest BCUT2D eigenvalue weighted by molar-refractivity contribution is -0.161. The summed E-state index contributed by atoms with van der Waals surface area (Å²) in [6, 6.07) is 0. The molecule has 0 aliphatic rings. The highest BCUT2D eigenvalue weighted by Crippen LogP contribution is 2.45. The first kappa shape index (κ1) is 84.1. The molecule has 0 bridgehead atoms. The third-order valence-electron chi connectivity index (χ3n) is 15.4. The molecule has 2 unspecified atom stereocenters. The van der Waals surface area contributed by atoms with Crippen molar-refractivity contribution in [3.63, 3.8) is 0 Å². The maximum absolute atomic E-state index is 13.0. The molecule has 0 saturated heterocycles. The van der Waals surface area contributed by atoms with Gasteiger partial charge in [0.25, 0.3) is 0 Å². The lowest BCUT2D eigenvalue weighted by atomic mass is 10.0. The van der Waals surface area contributed by atoms with Gasteiger partial charge in [-0.15, -0.1) is 0 Å². The molecule has 510 valence electrons. The second-order valence-corrected chi connectivity index (χ2v) is 28.5. The van der Waals surface area contributed by atoms with Crippen molar-refractivity contribution in [2.45, 2.75) is 349 Å². The van der Waals surface area contributed by atoms with Gasteiger partial charge in [0.2, 0.25) is 0 Å². The zero-order valence-electron chi connectivity index (χ0n) is 55.8. The third-order valence-corrected chi connectivity index (χ3v) is 17.3. The SMILES string of the molecule is CCCCCCCCCC(=O)OC[C@H](COP(=O)(O)OC[C@H](O)COP(=O)(O)OC[C@@H](COC(=O)CCCCCCCCCCC(C)C)OC(=O)CCCCCCCCCCCCCCCCCCC(C)C)OC(=O)CCCCCCCCC(C)C. The Bertz CT molecular complexity index is 1700. The molecule has 17 nitrogen and oxygen atoms in total. The molecule has 0 spiro atoms. The number of aliphatic hydroxyl groups excluding tert-OH is 1. The van der Waals surface area contributed by atoms with Crippen molar-refractivity contribution in [1.82, 2.24) is 0 Å². The molecule has 5 atom stereocenters. The number of phosphoric ester groups is 2. The van der Waals surface area contributed by atoms with Gasteiger partial charge in [-0.3, -0.25) is 37.3 Å². The zero-order valence-corrected chi connectivity index (χ0v) is 57.6. The summed E-state index contributed by atoms with van der Waals surface area (Å²) in [6.07, 6.45) is 40.7. The smallest absolute Gasteiger partial charge is 0.462 e. The van der Waals surface area contributed by atoms with Crippen molar-refractivity contribution in [2.75, 3.05) is 39.6 Å². The highest BCUT2D eigenvalue weighted by atomic mass is 31.2. The van der Waals surface area contributed by atoms with Gasteiger partial charge in [-0.05, 0) is 43.4 Å². The number of carbonyl (C=O) groups is 4. The van der Waals surface area contributed by atoms with Crippen LogP contribution in [0.4, 0.5) is 0 Å². The Morgan fingerprint density at radius 1 is 0.314 bits per heavy atom. The molecular formula is C67H130O17P2. The average Bonchev–Trinajstić information content (AvgIpc) is 3.55. The molecule has 86 heavy (non-hydrogen) atoms. The van der Waals surface area contributed by atoms with E-state index in [1.165, 1.54) is 128 Å². The van der Waals surface area contributed by atoms with Gasteiger partial charge in [-0.1, -0.05) is 280 Å². The van der Waals surface area contributed by atoms with E-state index in [9.17, 15) is 43.2 Å². The number of esters is 4. The van der Waals surface area contributed by atoms with Gasteiger partial charge < -0.3 is 33.8 Å². The van der Waals surface area contributed by atoms with Crippen molar-refractivity contribution >= 4 is 39.5 Å². The summed E-state index contributed by atoms with van der Waals surface area (Å²) in [5.74, 6) is 0.0648. The van der Waals surface area contributed by atoms with Crippen LogP contribution in [-0.4, -0.2) is 96.7 Å². The van der Waals surface area contributed by atoms with Crippen molar-refractivity contribution in [2.24, 2.45) is 17.8 Å². The summed E-state index contributed by atoms with van der Waals surface area (Å²) < 4.78 is 68.0. The molecule has 0 heterocycles. The molecule has 19 heteroatoms. The quantitative estimate of drug-likeness (QED) is 0.0222. The second-order valence-electron chi connectivity index (χ2n) is 25.6. The van der Waals surface area contributed by atoms with Crippen molar-refractivity contribution in [1.29, 1.82) is 0 Å². The molecule has 0 amide bonds. The number of hydrogen-bond acceptors (Lipinski definition) is 15. The first-order valence-corrected chi connectivity index (χ1v) is 37.8. The third kappa shape index (κ3) is 60.9. The molecule has 0 aromatic heterocycles. The van der Waals surface area contributed by atoms with Crippen LogP contribution in [0.25, 0.3) is 0 Å². The van der Waals surface area contributed by atoms with Crippen LogP contribution in [0, 0.1) is 17.8 Å². The molecule has 0 aliphatic heterocycles. The highest BCUT2D eigenvalue weighted by Gasteiger charge is 2.30. The van der Waals surface area contributed by atoms with Crippen molar-refractivity contribution in [3.8, 4) is 0 Å². The van der Waals surface area contributed by atoms with E-state index >= 15 is 0 Å². The zero-order chi connectivity index (χ0) is 63.8. The first-order valence-electron chi connectivity index (χ1n) is 34.8. The van der Waals surface area contributed by atoms with Gasteiger partial charge >= 0.3 is 39.5 Å². The summed E-state index contributed by atoms with van der Waals surface area (Å²) >= 11 is 0. The Morgan fingerprint density at radius 2 is 0.535 bits per heavy atom. The Hall–Kier alpha value is -1.94. The van der Waals surface area contributed by atoms with Crippen LogP contribution in [0.3, 0.4) is 0 Å². The Morgan fingerprint density at radius 3 is 0.791 bits per heavy atom. The maximum atomic E-state index is 13.0. The number of ether oxygens (including phenoxy) is 4. The minimum atomic E-state index is -4.95. The molecule has 0 aromatic carbocycles. The van der Waals surface area contributed by atoms with Crippen LogP contribution in [0.15, 0.2) is 0 Å². The molecule has 0 radical (unpaired) electrons. The summed E-state index contributed by atoms with van der Waals surface area (Å²) in [7, 11) is -9.89. The molecule has 0 aromatic rings. The number of unbranched alkanes of at least 4 members (excludes halogenated alkanes) is 33. The number of phosphoric acid groups is 2. The highest BCUT2D eigenvalue weighted by molar-refractivity contribution is 7.47. The largest absolute Gasteiger partial charge is 0.472 e. The van der Waals surface area contributed by atoms with Crippen molar-refractivity contribution < 1.29 is 80.2 Å². The van der Waals surface area contributed by atoms with E-state index in [-0.39, 0.29) is 25.7 Å². The van der Waals surface area contributed by atoms with Gasteiger partial charge in [0, 0.05) is 25.7 Å². The first-order chi connectivity index (χ1) is 41.2. The van der Waals surface area contributed by atoms with Crippen LogP contribution >= 0.6 is 15.6 Å². The van der Waals surface area contributed by atoms with E-state index in [1.54, 1.807) is 0 Å². The van der Waals surface area contributed by atoms with Gasteiger partial charge in [0.05, 0.1) is 26.4 Å². The molecular weight excluding hydrogens is 1140 g/mol. The van der Waals surface area contributed by atoms with E-state index in [0.29, 0.717) is 31.6 Å². The van der Waals surface area contributed by atoms with E-state index in [2.05, 4.69) is 48.5 Å². The monoisotopic (exact) mass is 1270 g/mol. The number of rotatable bonds is 65. The van der Waals surface area contributed by atoms with Crippen molar-refractivity contribution in [3.05, 3.63) is 0 Å². The normalized spacial score (nSPS) is 14.3. The van der Waals surface area contributed by atoms with E-state index in [0.717, 1.165) is 115 Å². The summed E-state index contributed by atoms with van der Waals surface area (Å²) in [6.45, 7) is 11.7. The van der Waals surface area contributed by atoms with Crippen LogP contribution in [0.2, 0.25) is 0 Å². The Kier molecular flexibility index (Phi) is 56.9. The second kappa shape index (κ2) is 58.2. The van der Waals surface area contributed by atoms with Crippen LogP contribution in [0.1, 0.15) is 331 Å². The van der Waals surface area contributed by atoms with E-state index in [1.807, 2.05) is 0 Å². The van der Waals surface area contributed by atoms with Gasteiger partial charge in [-0.2, -0.15) is 0 Å². The summed E-state index contributed by atoms with van der Waals surface area (Å²) in [4.78, 5) is 72.2. The lowest BCUT2D eigenvalue weighted by Crippen LogP contribution is -2.30. The molecule has 0 rings (SSSR count). The number of carbonyl (C=O) groups excluding carboxylic acids is 4. The molecule has 0 aliphatic carbocycles. The van der Waals surface area contributed by atoms with Crippen LogP contribution < -0.4 is 0 Å². The summed E-state index contributed by atoms with van der Waals surface area (Å²) in [5, 5.41) is 10.5. The van der Waals surface area contributed by atoms with Gasteiger partial charge in [0.15, 0.2) is 12.2 Å². The van der Waals surface area contributed by atoms with Crippen LogP contribution in [-0.2, 0) is 65.4 Å². The Balaban J connectivity index is 5.16. The van der Waals surface area contributed by atoms with Gasteiger partial charge in [-0.25, -0.2) is 9.13 Å². The molecule has 3 N–H and O–H groups in total. The number of hydrogen-bond donors (Lipinski definition) is 3. The van der Waals surface area contributed by atoms with Crippen LogP contribution in [0.5, 0.6) is 0 Å². The average molecular weight is 1270 g/mol. The standard InChI is InChI=1S/C67H130O17P2/c1-8-9-10-11-24-34-41-48-64(69)77-54-63(84-67(72)51-44-37-30-29-33-40-47-60(6)7)57-82-86(75,76)80-53-61(68)52-79-85(73,74)81-56-62(55-78-65(70)49-42-35-27-23-22-26-32-39-46-59(4)5)83-66(71)50-43-36-28-21-19-17-15-13-12-14-16-18-20-25-31-38-45-58(2)3/h58-63,68H,8-57H2,1-7H3,(H,73,74)(H,75,76)/t61-,62-,63-/m1/s1. The fraction of sp³-hybridized carbons (Fsp3) is 0.940. The predicted octanol–water partition coefficient (Wildman–Crippen LogP) is 18.7. The molecule has 0 fully saturated rings.